The minimum absolute atomic E-state index is 0.538. The summed E-state index contributed by atoms with van der Waals surface area (Å²) in [6, 6.07) is 125. The molecule has 0 N–H and O–H groups in total. The fourth-order valence-electron chi connectivity index (χ4n) is 16.6. The SMILES string of the molecule is c1ccc(-c2ccc(N(c3ccccc3)c3ccc4oc5cc6c(cc5c4c3)C3(c4ccccc4Oc4ccccc43)c3ccccc3-6)cc2)cc1.c1ccc(N(c2ccccc2)c2cccc3oc4cc5c(cc4c23)C2(c3ccccc3Oc3ccccc32)c2ccccc2-5)cc1. The van der Waals surface area contributed by atoms with E-state index in [0.29, 0.717) is 0 Å². The summed E-state index contributed by atoms with van der Waals surface area (Å²) in [6.07, 6.45) is 0. The van der Waals surface area contributed by atoms with Gasteiger partial charge in [0.05, 0.1) is 21.9 Å². The van der Waals surface area contributed by atoms with Gasteiger partial charge in [-0.15, -0.1) is 0 Å². The van der Waals surface area contributed by atoms with Gasteiger partial charge in [0.1, 0.15) is 45.3 Å². The molecule has 0 bridgehead atoms. The normalized spacial score (nSPS) is 13.4. The molecule has 6 heteroatoms. The molecule has 2 aliphatic heterocycles. The van der Waals surface area contributed by atoms with Gasteiger partial charge in [-0.2, -0.15) is 0 Å². The third-order valence-corrected chi connectivity index (χ3v) is 20.6. The summed E-state index contributed by atoms with van der Waals surface area (Å²) in [6.45, 7) is 0. The lowest BCUT2D eigenvalue weighted by molar-refractivity contribution is 0.436. The number of furan rings is 2. The number of fused-ring (bicyclic) bond motifs is 24. The van der Waals surface area contributed by atoms with Crippen molar-refractivity contribution >= 4 is 78.0 Å². The van der Waals surface area contributed by atoms with Crippen LogP contribution >= 0.6 is 0 Å². The minimum atomic E-state index is -0.539. The number of ether oxygens (including phenoxy) is 2. The number of hydrogen-bond acceptors (Lipinski definition) is 6. The summed E-state index contributed by atoms with van der Waals surface area (Å²) in [7, 11) is 0. The lowest BCUT2D eigenvalue weighted by Crippen LogP contribution is -2.32. The van der Waals surface area contributed by atoms with Crippen LogP contribution in [0.2, 0.25) is 0 Å². The minimum Gasteiger partial charge on any atom is -0.457 e. The standard InChI is InChI=1S/C49H31NO2.C43H27NO2/c1-3-13-32(14-4-1)33-23-25-35(26-24-33)50(34-15-5-2-6-16-34)36-27-28-45-39(29-36)40-30-44-38(31-48(40)51-45)37-17-7-8-18-41(37)49(44)42-19-9-11-21-46(42)52-47-22-12-10-20-43(47)49;1-3-14-28(15-4-1)44(29-16-5-2-6-17-29)37-22-13-25-40-42(37)32-26-36-31(27-41(32)46-40)30-18-7-8-19-33(30)43(36)34-20-9-11-23-38(34)45-39-24-12-10-21-35(39)43/h1-31H;1-27H. The monoisotopic (exact) mass is 1250 g/mol. The Labute approximate surface area is 566 Å². The van der Waals surface area contributed by atoms with Crippen LogP contribution < -0.4 is 19.3 Å². The van der Waals surface area contributed by atoms with Crippen molar-refractivity contribution in [2.45, 2.75) is 10.8 Å². The lowest BCUT2D eigenvalue weighted by atomic mass is 9.66. The van der Waals surface area contributed by atoms with E-state index in [2.05, 4.69) is 362 Å². The predicted octanol–water partition coefficient (Wildman–Crippen LogP) is 24.7. The zero-order chi connectivity index (χ0) is 64.5. The van der Waals surface area contributed by atoms with E-state index in [9.17, 15) is 0 Å². The van der Waals surface area contributed by atoms with Gasteiger partial charge in [-0.1, -0.05) is 224 Å². The molecule has 460 valence electrons. The van der Waals surface area contributed by atoms with Gasteiger partial charge in [-0.25, -0.2) is 0 Å². The first-order valence-corrected chi connectivity index (χ1v) is 33.4. The molecule has 15 aromatic carbocycles. The largest absolute Gasteiger partial charge is 0.457 e. The van der Waals surface area contributed by atoms with E-state index in [4.69, 9.17) is 18.3 Å². The van der Waals surface area contributed by atoms with Crippen LogP contribution in [0.15, 0.2) is 361 Å². The predicted molar refractivity (Wildman–Crippen MR) is 397 cm³/mol. The zero-order valence-electron chi connectivity index (χ0n) is 53.0. The lowest BCUT2D eigenvalue weighted by Gasteiger charge is -2.39. The molecule has 21 rings (SSSR count). The summed E-state index contributed by atoms with van der Waals surface area (Å²) >= 11 is 0. The van der Waals surface area contributed by atoms with Gasteiger partial charge in [-0.3, -0.25) is 0 Å². The van der Waals surface area contributed by atoms with E-state index in [-0.39, 0.29) is 0 Å². The number of hydrogen-bond donors (Lipinski definition) is 0. The first-order valence-electron chi connectivity index (χ1n) is 33.4. The van der Waals surface area contributed by atoms with Gasteiger partial charge >= 0.3 is 0 Å². The summed E-state index contributed by atoms with van der Waals surface area (Å²) < 4.78 is 26.5. The molecule has 6 nitrogen and oxygen atoms in total. The second-order valence-electron chi connectivity index (χ2n) is 25.7. The second-order valence-corrected chi connectivity index (χ2v) is 25.7. The van der Waals surface area contributed by atoms with Crippen LogP contribution in [-0.4, -0.2) is 0 Å². The molecule has 4 heterocycles. The van der Waals surface area contributed by atoms with Crippen LogP contribution in [0, 0.1) is 0 Å². The number of anilines is 6. The summed E-state index contributed by atoms with van der Waals surface area (Å²) in [5.41, 5.74) is 25.8. The smallest absolute Gasteiger partial charge is 0.137 e. The van der Waals surface area contributed by atoms with Crippen molar-refractivity contribution in [3.63, 3.8) is 0 Å². The molecule has 4 aliphatic rings. The molecular weight excluding hydrogens is 1200 g/mol. The Morgan fingerprint density at radius 2 is 0.592 bits per heavy atom. The Bertz CT molecular complexity index is 5890. The van der Waals surface area contributed by atoms with E-state index >= 15 is 0 Å². The summed E-state index contributed by atoms with van der Waals surface area (Å²) in [5.74, 6) is 3.56. The fraction of sp³-hybridized carbons (Fsp3) is 0.0217. The first kappa shape index (κ1) is 55.5. The molecule has 0 saturated carbocycles. The third-order valence-electron chi connectivity index (χ3n) is 20.6. The molecular formula is C92H58N2O4. The molecule has 98 heavy (non-hydrogen) atoms. The third kappa shape index (κ3) is 8.15. The van der Waals surface area contributed by atoms with Crippen LogP contribution in [0.4, 0.5) is 34.1 Å². The van der Waals surface area contributed by atoms with E-state index in [1.807, 2.05) is 0 Å². The van der Waals surface area contributed by atoms with Crippen molar-refractivity contribution in [2.24, 2.45) is 0 Å². The molecule has 0 amide bonds. The van der Waals surface area contributed by atoms with Crippen molar-refractivity contribution < 1.29 is 18.3 Å². The highest BCUT2D eigenvalue weighted by atomic mass is 16.5. The number of benzene rings is 15. The maximum Gasteiger partial charge on any atom is 0.137 e. The summed E-state index contributed by atoms with van der Waals surface area (Å²) in [4.78, 5) is 4.65. The zero-order valence-corrected chi connectivity index (χ0v) is 53.0. The van der Waals surface area contributed by atoms with Crippen LogP contribution in [0.1, 0.15) is 44.5 Å². The Morgan fingerprint density at radius 3 is 1.10 bits per heavy atom. The van der Waals surface area contributed by atoms with Crippen molar-refractivity contribution in [1.82, 2.24) is 0 Å². The maximum atomic E-state index is 6.72. The maximum absolute atomic E-state index is 6.72. The second kappa shape index (κ2) is 21.8. The first-order chi connectivity index (χ1) is 48.6. The highest BCUT2D eigenvalue weighted by Crippen LogP contribution is 2.65. The number of rotatable bonds is 7. The van der Waals surface area contributed by atoms with Crippen LogP contribution in [0.5, 0.6) is 23.0 Å². The van der Waals surface area contributed by atoms with Gasteiger partial charge in [0.25, 0.3) is 0 Å². The highest BCUT2D eigenvalue weighted by Gasteiger charge is 2.53. The average Bonchev–Trinajstić information content (AvgIpc) is 1.50. The quantitative estimate of drug-likeness (QED) is 0.158. The Kier molecular flexibility index (Phi) is 12.4. The summed E-state index contributed by atoms with van der Waals surface area (Å²) in [5, 5.41) is 4.36. The number of para-hydroxylation sites is 7. The molecule has 0 saturated heterocycles. The van der Waals surface area contributed by atoms with Crippen LogP contribution in [0.25, 0.3) is 77.3 Å². The Balaban J connectivity index is 0.000000134. The molecule has 0 unspecified atom stereocenters. The highest BCUT2D eigenvalue weighted by molar-refractivity contribution is 6.15. The van der Waals surface area contributed by atoms with E-state index in [1.165, 1.54) is 55.6 Å². The van der Waals surface area contributed by atoms with Crippen molar-refractivity contribution in [3.05, 3.63) is 396 Å². The molecule has 0 atom stereocenters. The van der Waals surface area contributed by atoms with Crippen molar-refractivity contribution in [3.8, 4) is 56.4 Å². The van der Waals surface area contributed by atoms with Gasteiger partial charge < -0.3 is 28.1 Å². The molecule has 17 aromatic rings. The molecule has 0 fully saturated rings. The number of nitrogens with zero attached hydrogens (tertiary/aromatic N) is 2. The molecule has 2 spiro atoms. The Morgan fingerprint density at radius 1 is 0.214 bits per heavy atom. The van der Waals surface area contributed by atoms with Gasteiger partial charge in [-0.05, 0) is 183 Å². The van der Waals surface area contributed by atoms with Gasteiger partial charge in [0, 0.05) is 66.8 Å². The van der Waals surface area contributed by atoms with Gasteiger partial charge in [0.15, 0.2) is 0 Å². The van der Waals surface area contributed by atoms with Crippen LogP contribution in [0.3, 0.4) is 0 Å². The molecule has 0 radical (unpaired) electrons. The average molecular weight is 1260 g/mol. The van der Waals surface area contributed by atoms with Crippen LogP contribution in [-0.2, 0) is 10.8 Å². The van der Waals surface area contributed by atoms with Crippen molar-refractivity contribution in [1.29, 1.82) is 0 Å². The van der Waals surface area contributed by atoms with E-state index in [0.717, 1.165) is 123 Å². The fourth-order valence-corrected chi connectivity index (χ4v) is 16.6. The molecule has 2 aromatic heterocycles. The van der Waals surface area contributed by atoms with Crippen molar-refractivity contribution in [2.75, 3.05) is 9.80 Å². The Hall–Kier alpha value is -12.9. The van der Waals surface area contributed by atoms with E-state index < -0.39 is 10.8 Å². The molecule has 2 aliphatic carbocycles. The van der Waals surface area contributed by atoms with Gasteiger partial charge in [0.2, 0.25) is 0 Å². The topological polar surface area (TPSA) is 51.2 Å². The van der Waals surface area contributed by atoms with E-state index in [1.54, 1.807) is 0 Å².